The van der Waals surface area contributed by atoms with E-state index < -0.39 is 0 Å². The molecule has 1 aromatic rings. The number of carbonyl (C=O) groups is 1. The molecule has 1 amide bonds. The van der Waals surface area contributed by atoms with E-state index in [4.69, 9.17) is 4.74 Å². The topological polar surface area (TPSA) is 50.4 Å². The number of benzene rings is 1. The molecule has 22 heavy (non-hydrogen) atoms. The average Bonchev–Trinajstić information content (AvgIpc) is 3.04. The van der Waals surface area contributed by atoms with Gasteiger partial charge in [0.05, 0.1) is 6.54 Å². The Morgan fingerprint density at radius 2 is 2.27 bits per heavy atom. The van der Waals surface area contributed by atoms with Crippen LogP contribution >= 0.6 is 0 Å². The third-order valence-electron chi connectivity index (χ3n) is 4.31. The molecule has 0 radical (unpaired) electrons. The smallest absolute Gasteiger partial charge is 0.220 e. The highest BCUT2D eigenvalue weighted by atomic mass is 16.5. The van der Waals surface area contributed by atoms with Gasteiger partial charge in [-0.2, -0.15) is 0 Å². The van der Waals surface area contributed by atoms with Gasteiger partial charge in [-0.3, -0.25) is 4.79 Å². The summed E-state index contributed by atoms with van der Waals surface area (Å²) in [5.74, 6) is 1.70. The maximum atomic E-state index is 12.0. The predicted molar refractivity (Wildman–Crippen MR) is 89.1 cm³/mol. The molecule has 1 fully saturated rings. The maximum absolute atomic E-state index is 12.0. The molecule has 1 aliphatic heterocycles. The number of carbonyl (C=O) groups excluding carboxylic acids is 1. The Kier molecular flexibility index (Phi) is 6.72. The van der Waals surface area contributed by atoms with Crippen molar-refractivity contribution in [2.45, 2.75) is 45.6 Å². The lowest BCUT2D eigenvalue weighted by molar-refractivity contribution is -0.121. The van der Waals surface area contributed by atoms with Crippen LogP contribution in [-0.2, 0) is 4.79 Å². The largest absolute Gasteiger partial charge is 0.488 e. The first-order chi connectivity index (χ1) is 10.7. The van der Waals surface area contributed by atoms with Crippen molar-refractivity contribution in [3.8, 4) is 5.75 Å². The molecule has 2 rings (SSSR count). The van der Waals surface area contributed by atoms with Crippen LogP contribution in [0.4, 0.5) is 0 Å². The molecular weight excluding hydrogens is 276 g/mol. The van der Waals surface area contributed by atoms with E-state index in [1.54, 1.807) is 0 Å². The van der Waals surface area contributed by atoms with Crippen LogP contribution in [-0.4, -0.2) is 31.6 Å². The number of para-hydroxylation sites is 1. The van der Waals surface area contributed by atoms with Gasteiger partial charge in [-0.15, -0.1) is 0 Å². The summed E-state index contributed by atoms with van der Waals surface area (Å²) in [7, 11) is 0. The Labute approximate surface area is 133 Å². The van der Waals surface area contributed by atoms with Crippen LogP contribution in [0.2, 0.25) is 0 Å². The van der Waals surface area contributed by atoms with E-state index in [-0.39, 0.29) is 12.0 Å². The molecule has 0 bridgehead atoms. The fourth-order valence-corrected chi connectivity index (χ4v) is 2.75. The summed E-state index contributed by atoms with van der Waals surface area (Å²) in [5.41, 5.74) is 1.13. The highest BCUT2D eigenvalue weighted by Crippen LogP contribution is 2.18. The zero-order valence-electron chi connectivity index (χ0n) is 13.7. The molecule has 4 nitrogen and oxygen atoms in total. The van der Waals surface area contributed by atoms with Crippen molar-refractivity contribution in [1.82, 2.24) is 10.6 Å². The first kappa shape index (κ1) is 16.8. The second-order valence-electron chi connectivity index (χ2n) is 6.12. The van der Waals surface area contributed by atoms with Crippen molar-refractivity contribution in [3.05, 3.63) is 29.8 Å². The van der Waals surface area contributed by atoms with Crippen LogP contribution in [0.1, 0.15) is 38.2 Å². The molecule has 1 aliphatic rings. The van der Waals surface area contributed by atoms with E-state index in [1.807, 2.05) is 31.2 Å². The van der Waals surface area contributed by atoms with Gasteiger partial charge >= 0.3 is 0 Å². The van der Waals surface area contributed by atoms with Crippen molar-refractivity contribution in [2.75, 3.05) is 19.6 Å². The van der Waals surface area contributed by atoms with Gasteiger partial charge in [-0.25, -0.2) is 0 Å². The summed E-state index contributed by atoms with van der Waals surface area (Å²) in [6.07, 6.45) is 3.70. The first-order valence-corrected chi connectivity index (χ1v) is 8.38. The number of nitrogens with one attached hydrogen (secondary N) is 2. The van der Waals surface area contributed by atoms with Gasteiger partial charge in [0.1, 0.15) is 11.9 Å². The Bertz CT molecular complexity index is 470. The van der Waals surface area contributed by atoms with E-state index >= 15 is 0 Å². The Balaban J connectivity index is 1.71. The Morgan fingerprint density at radius 3 is 2.95 bits per heavy atom. The van der Waals surface area contributed by atoms with Gasteiger partial charge in [0.25, 0.3) is 0 Å². The van der Waals surface area contributed by atoms with Gasteiger partial charge in [0, 0.05) is 6.42 Å². The summed E-state index contributed by atoms with van der Waals surface area (Å²) >= 11 is 0. The molecule has 0 aliphatic carbocycles. The number of hydrogen-bond donors (Lipinski definition) is 2. The minimum atomic E-state index is 0.0261. The normalized spacial score (nSPS) is 18.9. The molecule has 0 saturated carbocycles. The number of aryl methyl sites for hydroxylation is 1. The molecule has 1 aromatic carbocycles. The van der Waals surface area contributed by atoms with E-state index in [9.17, 15) is 4.79 Å². The molecule has 122 valence electrons. The third kappa shape index (κ3) is 5.34. The van der Waals surface area contributed by atoms with E-state index in [1.165, 1.54) is 6.42 Å². The van der Waals surface area contributed by atoms with E-state index in [0.29, 0.717) is 18.9 Å². The second kappa shape index (κ2) is 8.79. The summed E-state index contributed by atoms with van der Waals surface area (Å²) in [6.45, 7) is 6.85. The van der Waals surface area contributed by atoms with E-state index in [0.717, 1.165) is 37.2 Å². The van der Waals surface area contributed by atoms with E-state index in [2.05, 4.69) is 17.6 Å². The van der Waals surface area contributed by atoms with Crippen LogP contribution in [0.5, 0.6) is 5.75 Å². The van der Waals surface area contributed by atoms with Gasteiger partial charge in [0.2, 0.25) is 5.91 Å². The molecule has 2 atom stereocenters. The highest BCUT2D eigenvalue weighted by molar-refractivity contribution is 5.75. The number of amides is 1. The van der Waals surface area contributed by atoms with Crippen LogP contribution < -0.4 is 15.4 Å². The van der Waals surface area contributed by atoms with Crippen molar-refractivity contribution in [3.63, 3.8) is 0 Å². The standard InChI is InChI=1S/C18H28N2O2/c1-3-16(22-17-7-5-4-6-14(17)2)13-20-18(21)9-8-15-10-11-19-12-15/h4-7,15-16,19H,3,8-13H2,1-2H3,(H,20,21). The Hall–Kier alpha value is -1.55. The lowest BCUT2D eigenvalue weighted by Gasteiger charge is -2.19. The van der Waals surface area contributed by atoms with Crippen molar-refractivity contribution in [2.24, 2.45) is 5.92 Å². The molecule has 4 heteroatoms. The summed E-state index contributed by atoms with van der Waals surface area (Å²) in [4.78, 5) is 12.0. The molecule has 1 saturated heterocycles. The lowest BCUT2D eigenvalue weighted by atomic mass is 10.0. The number of hydrogen-bond acceptors (Lipinski definition) is 3. The van der Waals surface area contributed by atoms with Crippen LogP contribution in [0.15, 0.2) is 24.3 Å². The fraction of sp³-hybridized carbons (Fsp3) is 0.611. The molecule has 0 aromatic heterocycles. The second-order valence-corrected chi connectivity index (χ2v) is 6.12. The predicted octanol–water partition coefficient (Wildman–Crippen LogP) is 2.66. The number of ether oxygens (including phenoxy) is 1. The SMILES string of the molecule is CCC(CNC(=O)CCC1CCNC1)Oc1ccccc1C. The van der Waals surface area contributed by atoms with Crippen molar-refractivity contribution in [1.29, 1.82) is 0 Å². The maximum Gasteiger partial charge on any atom is 0.220 e. The van der Waals surface area contributed by atoms with Gasteiger partial charge in [0.15, 0.2) is 0 Å². The van der Waals surface area contributed by atoms with Crippen LogP contribution in [0.3, 0.4) is 0 Å². The molecule has 0 spiro atoms. The Morgan fingerprint density at radius 1 is 1.45 bits per heavy atom. The quantitative estimate of drug-likeness (QED) is 0.776. The average molecular weight is 304 g/mol. The number of rotatable bonds is 8. The van der Waals surface area contributed by atoms with Gasteiger partial charge in [-0.05, 0) is 56.8 Å². The highest BCUT2D eigenvalue weighted by Gasteiger charge is 2.16. The van der Waals surface area contributed by atoms with Crippen molar-refractivity contribution < 1.29 is 9.53 Å². The van der Waals surface area contributed by atoms with Crippen LogP contribution in [0, 0.1) is 12.8 Å². The third-order valence-corrected chi connectivity index (χ3v) is 4.31. The van der Waals surface area contributed by atoms with Crippen molar-refractivity contribution >= 4 is 5.91 Å². The summed E-state index contributed by atoms with van der Waals surface area (Å²) in [6, 6.07) is 8.00. The molecule has 2 N–H and O–H groups in total. The van der Waals surface area contributed by atoms with Gasteiger partial charge in [-0.1, -0.05) is 25.1 Å². The summed E-state index contributed by atoms with van der Waals surface area (Å²) < 4.78 is 6.00. The fourth-order valence-electron chi connectivity index (χ4n) is 2.75. The molecule has 1 heterocycles. The minimum absolute atomic E-state index is 0.0261. The zero-order valence-corrected chi connectivity index (χ0v) is 13.7. The zero-order chi connectivity index (χ0) is 15.8. The van der Waals surface area contributed by atoms with Gasteiger partial charge < -0.3 is 15.4 Å². The minimum Gasteiger partial charge on any atom is -0.488 e. The summed E-state index contributed by atoms with van der Waals surface area (Å²) in [5, 5.41) is 6.35. The lowest BCUT2D eigenvalue weighted by Crippen LogP contribution is -2.35. The molecule has 2 unspecified atom stereocenters. The van der Waals surface area contributed by atoms with Crippen LogP contribution in [0.25, 0.3) is 0 Å². The molecular formula is C18H28N2O2. The first-order valence-electron chi connectivity index (χ1n) is 8.38. The monoisotopic (exact) mass is 304 g/mol.